The average Bonchev–Trinajstić information content (AvgIpc) is 2.28. The van der Waals surface area contributed by atoms with Crippen molar-refractivity contribution < 1.29 is 9.13 Å². The summed E-state index contributed by atoms with van der Waals surface area (Å²) in [4.78, 5) is 0. The van der Waals surface area contributed by atoms with E-state index in [4.69, 9.17) is 11.2 Å². The highest BCUT2D eigenvalue weighted by Gasteiger charge is 2.07. The van der Waals surface area contributed by atoms with E-state index in [0.29, 0.717) is 11.4 Å². The first-order chi connectivity index (χ1) is 7.21. The van der Waals surface area contributed by atoms with Crippen LogP contribution in [0.4, 0.5) is 10.1 Å². The molecule has 1 aromatic rings. The van der Waals surface area contributed by atoms with Crippen LogP contribution in [0.3, 0.4) is 0 Å². The highest BCUT2D eigenvalue weighted by Crippen LogP contribution is 2.21. The SMILES string of the molecule is C#CC(CC)Nc1cc(OC)ccc1F. The molecule has 1 atom stereocenters. The number of rotatable bonds is 4. The summed E-state index contributed by atoms with van der Waals surface area (Å²) in [5.41, 5.74) is 0.374. The van der Waals surface area contributed by atoms with Crippen LogP contribution >= 0.6 is 0 Å². The molecule has 0 aliphatic rings. The van der Waals surface area contributed by atoms with Crippen LogP contribution in [0.5, 0.6) is 5.75 Å². The first-order valence-electron chi connectivity index (χ1n) is 4.77. The molecule has 1 N–H and O–H groups in total. The van der Waals surface area contributed by atoms with Crippen molar-refractivity contribution in [3.8, 4) is 18.1 Å². The van der Waals surface area contributed by atoms with Crippen molar-refractivity contribution in [2.75, 3.05) is 12.4 Å². The van der Waals surface area contributed by atoms with Gasteiger partial charge in [-0.05, 0) is 18.6 Å². The van der Waals surface area contributed by atoms with Crippen molar-refractivity contribution in [1.29, 1.82) is 0 Å². The van der Waals surface area contributed by atoms with Gasteiger partial charge in [0.15, 0.2) is 0 Å². The predicted octanol–water partition coefficient (Wildman–Crippen LogP) is 2.66. The van der Waals surface area contributed by atoms with E-state index in [-0.39, 0.29) is 11.9 Å². The number of hydrogen-bond donors (Lipinski definition) is 1. The van der Waals surface area contributed by atoms with E-state index in [9.17, 15) is 4.39 Å². The zero-order chi connectivity index (χ0) is 11.3. The van der Waals surface area contributed by atoms with Gasteiger partial charge in [0, 0.05) is 6.07 Å². The van der Waals surface area contributed by atoms with E-state index in [2.05, 4.69) is 11.2 Å². The number of anilines is 1. The molecule has 0 amide bonds. The van der Waals surface area contributed by atoms with Crippen molar-refractivity contribution in [3.05, 3.63) is 24.0 Å². The lowest BCUT2D eigenvalue weighted by atomic mass is 10.2. The van der Waals surface area contributed by atoms with E-state index in [1.54, 1.807) is 12.1 Å². The number of halogens is 1. The number of methoxy groups -OCH3 is 1. The number of hydrogen-bond acceptors (Lipinski definition) is 2. The molecule has 80 valence electrons. The molecule has 0 saturated heterocycles. The van der Waals surface area contributed by atoms with E-state index >= 15 is 0 Å². The molecule has 0 bridgehead atoms. The van der Waals surface area contributed by atoms with Gasteiger partial charge in [-0.3, -0.25) is 0 Å². The molecule has 1 rings (SSSR count). The third-order valence-corrected chi connectivity index (χ3v) is 2.11. The first-order valence-corrected chi connectivity index (χ1v) is 4.77. The molecule has 0 saturated carbocycles. The Morgan fingerprint density at radius 2 is 2.33 bits per heavy atom. The van der Waals surface area contributed by atoms with Gasteiger partial charge in [-0.25, -0.2) is 4.39 Å². The van der Waals surface area contributed by atoms with Crippen LogP contribution in [0.1, 0.15) is 13.3 Å². The average molecular weight is 207 g/mol. The first kappa shape index (κ1) is 11.4. The van der Waals surface area contributed by atoms with Crippen LogP contribution in [0.25, 0.3) is 0 Å². The molecule has 0 aromatic heterocycles. The molecule has 2 nitrogen and oxygen atoms in total. The molecular formula is C12H14FNO. The van der Waals surface area contributed by atoms with E-state index < -0.39 is 0 Å². The molecular weight excluding hydrogens is 193 g/mol. The van der Waals surface area contributed by atoms with Crippen LogP contribution in [0, 0.1) is 18.2 Å². The van der Waals surface area contributed by atoms with Gasteiger partial charge < -0.3 is 10.1 Å². The zero-order valence-corrected chi connectivity index (χ0v) is 8.88. The highest BCUT2D eigenvalue weighted by atomic mass is 19.1. The van der Waals surface area contributed by atoms with E-state index in [0.717, 1.165) is 6.42 Å². The molecule has 1 unspecified atom stereocenters. The van der Waals surface area contributed by atoms with Gasteiger partial charge in [-0.15, -0.1) is 6.42 Å². The quantitative estimate of drug-likeness (QED) is 0.766. The second-order valence-electron chi connectivity index (χ2n) is 3.12. The molecule has 0 radical (unpaired) electrons. The molecule has 0 aliphatic carbocycles. The Labute approximate surface area is 89.4 Å². The molecule has 0 heterocycles. The highest BCUT2D eigenvalue weighted by molar-refractivity contribution is 5.51. The van der Waals surface area contributed by atoms with Crippen LogP contribution in [-0.4, -0.2) is 13.2 Å². The number of terminal acetylenes is 1. The summed E-state index contributed by atoms with van der Waals surface area (Å²) in [7, 11) is 1.54. The van der Waals surface area contributed by atoms with Gasteiger partial charge in [0.25, 0.3) is 0 Å². The summed E-state index contributed by atoms with van der Waals surface area (Å²) in [6, 6.07) is 4.35. The van der Waals surface area contributed by atoms with Gasteiger partial charge in [-0.2, -0.15) is 0 Å². The van der Waals surface area contributed by atoms with Crippen molar-refractivity contribution in [2.24, 2.45) is 0 Å². The van der Waals surface area contributed by atoms with Crippen molar-refractivity contribution >= 4 is 5.69 Å². The van der Waals surface area contributed by atoms with Crippen molar-refractivity contribution in [2.45, 2.75) is 19.4 Å². The van der Waals surface area contributed by atoms with Gasteiger partial charge >= 0.3 is 0 Å². The normalized spacial score (nSPS) is 11.6. The smallest absolute Gasteiger partial charge is 0.146 e. The summed E-state index contributed by atoms with van der Waals surface area (Å²) < 4.78 is 18.4. The molecule has 0 fully saturated rings. The maximum atomic E-state index is 13.4. The van der Waals surface area contributed by atoms with Gasteiger partial charge in [0.2, 0.25) is 0 Å². The lowest BCUT2D eigenvalue weighted by molar-refractivity contribution is 0.414. The van der Waals surface area contributed by atoms with Crippen molar-refractivity contribution in [1.82, 2.24) is 0 Å². The maximum Gasteiger partial charge on any atom is 0.146 e. The zero-order valence-electron chi connectivity index (χ0n) is 8.88. The monoisotopic (exact) mass is 207 g/mol. The van der Waals surface area contributed by atoms with Gasteiger partial charge in [0.1, 0.15) is 11.6 Å². The summed E-state index contributed by atoms with van der Waals surface area (Å²) >= 11 is 0. The van der Waals surface area contributed by atoms with Crippen LogP contribution < -0.4 is 10.1 Å². The lowest BCUT2D eigenvalue weighted by Gasteiger charge is -2.13. The fourth-order valence-corrected chi connectivity index (χ4v) is 1.19. The lowest BCUT2D eigenvalue weighted by Crippen LogP contribution is -2.16. The minimum atomic E-state index is -0.329. The van der Waals surface area contributed by atoms with Gasteiger partial charge in [0.05, 0.1) is 18.8 Å². The molecule has 3 heteroatoms. The molecule has 0 aliphatic heterocycles. The minimum Gasteiger partial charge on any atom is -0.497 e. The van der Waals surface area contributed by atoms with Crippen molar-refractivity contribution in [3.63, 3.8) is 0 Å². The fraction of sp³-hybridized carbons (Fsp3) is 0.333. The van der Waals surface area contributed by atoms with Crippen LogP contribution in [-0.2, 0) is 0 Å². The fourth-order valence-electron chi connectivity index (χ4n) is 1.19. The Kier molecular flexibility index (Phi) is 3.99. The molecule has 1 aromatic carbocycles. The van der Waals surface area contributed by atoms with E-state index in [1.807, 2.05) is 6.92 Å². The minimum absolute atomic E-state index is 0.161. The second-order valence-corrected chi connectivity index (χ2v) is 3.12. The second kappa shape index (κ2) is 5.26. The third kappa shape index (κ3) is 2.88. The van der Waals surface area contributed by atoms with Gasteiger partial charge in [-0.1, -0.05) is 12.8 Å². The standard InChI is InChI=1S/C12H14FNO/c1-4-9(5-2)14-12-8-10(15-3)6-7-11(12)13/h1,6-9,14H,5H2,2-3H3. The third-order valence-electron chi connectivity index (χ3n) is 2.11. The summed E-state index contributed by atoms with van der Waals surface area (Å²) in [6.45, 7) is 1.94. The Morgan fingerprint density at radius 3 is 2.87 bits per heavy atom. The number of nitrogens with one attached hydrogen (secondary N) is 1. The van der Waals surface area contributed by atoms with Crippen LogP contribution in [0.2, 0.25) is 0 Å². The Morgan fingerprint density at radius 1 is 1.60 bits per heavy atom. The number of ether oxygens (including phenoxy) is 1. The molecule has 15 heavy (non-hydrogen) atoms. The predicted molar refractivity (Wildman–Crippen MR) is 59.5 cm³/mol. The largest absolute Gasteiger partial charge is 0.497 e. The maximum absolute atomic E-state index is 13.4. The van der Waals surface area contributed by atoms with E-state index in [1.165, 1.54) is 13.2 Å². The number of benzene rings is 1. The summed E-state index contributed by atoms with van der Waals surface area (Å²) in [6.07, 6.45) is 6.03. The topological polar surface area (TPSA) is 21.3 Å². The Balaban J connectivity index is 2.88. The van der Waals surface area contributed by atoms with Crippen LogP contribution in [0.15, 0.2) is 18.2 Å². The Bertz CT molecular complexity index is 370. The summed E-state index contributed by atoms with van der Waals surface area (Å²) in [5, 5.41) is 2.93. The summed E-state index contributed by atoms with van der Waals surface area (Å²) in [5.74, 6) is 2.82. The Hall–Kier alpha value is -1.69. The molecule has 0 spiro atoms.